The monoisotopic (exact) mass is 399 g/mol. The Hall–Kier alpha value is -3.89. The van der Waals surface area contributed by atoms with E-state index in [0.717, 1.165) is 21.0 Å². The van der Waals surface area contributed by atoms with Crippen LogP contribution in [0.5, 0.6) is 11.5 Å². The van der Waals surface area contributed by atoms with Crippen LogP contribution in [0, 0.1) is 11.3 Å². The van der Waals surface area contributed by atoms with Gasteiger partial charge in [-0.2, -0.15) is 5.26 Å². The minimum atomic E-state index is -0.506. The van der Waals surface area contributed by atoms with Crippen molar-refractivity contribution >= 4 is 49.4 Å². The van der Waals surface area contributed by atoms with Gasteiger partial charge in [-0.3, -0.25) is 10.1 Å². The number of carbonyl (C=O) groups is 1. The molecule has 0 spiro atoms. The summed E-state index contributed by atoms with van der Waals surface area (Å²) in [6, 6.07) is 19.2. The Morgan fingerprint density at radius 3 is 2.90 bits per heavy atom. The first kappa shape index (κ1) is 17.2. The second-order valence-corrected chi connectivity index (χ2v) is 7.42. The summed E-state index contributed by atoms with van der Waals surface area (Å²) < 4.78 is 11.6. The number of nitrogens with zero attached hydrogens (tertiary/aromatic N) is 2. The summed E-state index contributed by atoms with van der Waals surface area (Å²) in [7, 11) is 0. The number of fused-ring (bicyclic) bond motifs is 4. The fourth-order valence-corrected chi connectivity index (χ4v) is 4.07. The van der Waals surface area contributed by atoms with E-state index in [1.54, 1.807) is 18.2 Å². The normalized spacial score (nSPS) is 12.9. The molecule has 1 N–H and O–H groups in total. The standard InChI is InChI=1S/C22H13N3O3S/c23-11-15(9-13-5-7-17-18(10-13)28-12-27-17)21(26)25-22-24-20-16-4-2-1-3-14(16)6-8-19(20)29-22/h1-10H,12H2,(H,24,25,26)/b15-9+. The number of rotatable bonds is 3. The van der Waals surface area contributed by atoms with Gasteiger partial charge in [0.2, 0.25) is 6.79 Å². The largest absolute Gasteiger partial charge is 0.454 e. The minimum absolute atomic E-state index is 0.0204. The van der Waals surface area contributed by atoms with Crippen molar-refractivity contribution in [3.63, 3.8) is 0 Å². The molecular formula is C22H13N3O3S. The molecule has 29 heavy (non-hydrogen) atoms. The molecule has 0 unspecified atom stereocenters. The zero-order valence-corrected chi connectivity index (χ0v) is 15.8. The first-order chi connectivity index (χ1) is 14.2. The molecule has 1 amide bonds. The van der Waals surface area contributed by atoms with E-state index in [2.05, 4.69) is 10.3 Å². The lowest BCUT2D eigenvalue weighted by atomic mass is 10.1. The van der Waals surface area contributed by atoms with Crippen LogP contribution in [0.4, 0.5) is 5.13 Å². The van der Waals surface area contributed by atoms with Gasteiger partial charge in [-0.25, -0.2) is 4.98 Å². The summed E-state index contributed by atoms with van der Waals surface area (Å²) in [5, 5.41) is 14.8. The highest BCUT2D eigenvalue weighted by molar-refractivity contribution is 7.22. The third kappa shape index (κ3) is 3.16. The van der Waals surface area contributed by atoms with Gasteiger partial charge in [-0.1, -0.05) is 47.7 Å². The number of hydrogen-bond acceptors (Lipinski definition) is 6. The molecule has 0 aliphatic carbocycles. The van der Waals surface area contributed by atoms with E-state index in [1.807, 2.05) is 42.5 Å². The number of nitriles is 1. The molecule has 1 aromatic heterocycles. The van der Waals surface area contributed by atoms with Gasteiger partial charge in [0.1, 0.15) is 11.6 Å². The van der Waals surface area contributed by atoms with Crippen LogP contribution in [0.3, 0.4) is 0 Å². The molecule has 1 aliphatic rings. The van der Waals surface area contributed by atoms with E-state index in [0.29, 0.717) is 22.2 Å². The zero-order valence-electron chi connectivity index (χ0n) is 15.0. The second-order valence-electron chi connectivity index (χ2n) is 6.39. The summed E-state index contributed by atoms with van der Waals surface area (Å²) in [4.78, 5) is 17.2. The van der Waals surface area contributed by atoms with Crippen molar-refractivity contribution < 1.29 is 14.3 Å². The molecule has 7 heteroatoms. The Balaban J connectivity index is 1.44. The topological polar surface area (TPSA) is 84.2 Å². The van der Waals surface area contributed by atoms with Crippen molar-refractivity contribution in [3.05, 3.63) is 65.7 Å². The maximum atomic E-state index is 12.6. The molecule has 0 bridgehead atoms. The van der Waals surface area contributed by atoms with Crippen LogP contribution < -0.4 is 14.8 Å². The molecule has 6 nitrogen and oxygen atoms in total. The number of ether oxygens (including phenoxy) is 2. The summed E-state index contributed by atoms with van der Waals surface area (Å²) in [5.41, 5.74) is 1.49. The molecule has 0 radical (unpaired) electrons. The molecule has 0 atom stereocenters. The van der Waals surface area contributed by atoms with E-state index >= 15 is 0 Å². The van der Waals surface area contributed by atoms with E-state index in [-0.39, 0.29) is 12.4 Å². The van der Waals surface area contributed by atoms with Crippen molar-refractivity contribution in [1.29, 1.82) is 5.26 Å². The van der Waals surface area contributed by atoms with E-state index < -0.39 is 5.91 Å². The second kappa shape index (κ2) is 6.93. The number of nitrogens with one attached hydrogen (secondary N) is 1. The summed E-state index contributed by atoms with van der Waals surface area (Å²) in [5.74, 6) is 0.731. The van der Waals surface area contributed by atoms with Crippen LogP contribution in [0.15, 0.2) is 60.2 Å². The average molecular weight is 399 g/mol. The van der Waals surface area contributed by atoms with Crippen LogP contribution in [0.25, 0.3) is 27.1 Å². The van der Waals surface area contributed by atoms with E-state index in [4.69, 9.17) is 9.47 Å². The van der Waals surface area contributed by atoms with Crippen LogP contribution >= 0.6 is 11.3 Å². The number of aromatic nitrogens is 1. The van der Waals surface area contributed by atoms with Crippen molar-refractivity contribution in [2.24, 2.45) is 0 Å². The molecular weight excluding hydrogens is 386 g/mol. The predicted molar refractivity (Wildman–Crippen MR) is 112 cm³/mol. The summed E-state index contributed by atoms with van der Waals surface area (Å²) in [6.07, 6.45) is 1.51. The average Bonchev–Trinajstić information content (AvgIpc) is 3.37. The van der Waals surface area contributed by atoms with Crippen molar-refractivity contribution in [2.45, 2.75) is 0 Å². The fourth-order valence-electron chi connectivity index (χ4n) is 3.20. The summed E-state index contributed by atoms with van der Waals surface area (Å²) in [6.45, 7) is 0.167. The number of anilines is 1. The van der Waals surface area contributed by atoms with Gasteiger partial charge in [-0.15, -0.1) is 0 Å². The first-order valence-electron chi connectivity index (χ1n) is 8.82. The van der Waals surface area contributed by atoms with Gasteiger partial charge in [0.25, 0.3) is 5.91 Å². The number of carbonyl (C=O) groups excluding carboxylic acids is 1. The first-order valence-corrected chi connectivity index (χ1v) is 9.64. The van der Waals surface area contributed by atoms with Gasteiger partial charge in [-0.05, 0) is 35.2 Å². The lowest BCUT2D eigenvalue weighted by molar-refractivity contribution is -0.112. The molecule has 5 rings (SSSR count). The lowest BCUT2D eigenvalue weighted by Crippen LogP contribution is -2.13. The van der Waals surface area contributed by atoms with Crippen molar-refractivity contribution in [2.75, 3.05) is 12.1 Å². The molecule has 0 saturated carbocycles. The third-order valence-electron chi connectivity index (χ3n) is 4.58. The van der Waals surface area contributed by atoms with E-state index in [1.165, 1.54) is 17.4 Å². The van der Waals surface area contributed by atoms with Crippen LogP contribution in [0.2, 0.25) is 0 Å². The smallest absolute Gasteiger partial charge is 0.268 e. The number of amides is 1. The highest BCUT2D eigenvalue weighted by atomic mass is 32.1. The van der Waals surface area contributed by atoms with Crippen molar-refractivity contribution in [3.8, 4) is 17.6 Å². The maximum Gasteiger partial charge on any atom is 0.268 e. The third-order valence-corrected chi connectivity index (χ3v) is 5.51. The summed E-state index contributed by atoms with van der Waals surface area (Å²) >= 11 is 1.37. The Morgan fingerprint density at radius 1 is 1.14 bits per heavy atom. The quantitative estimate of drug-likeness (QED) is 0.398. The number of thiazole rings is 1. The molecule has 2 heterocycles. The van der Waals surface area contributed by atoms with Gasteiger partial charge < -0.3 is 9.47 Å². The fraction of sp³-hybridized carbons (Fsp3) is 0.0455. The number of hydrogen-bond donors (Lipinski definition) is 1. The Kier molecular flexibility index (Phi) is 4.12. The SMILES string of the molecule is N#C/C(=C\c1ccc2c(c1)OCO2)C(=O)Nc1nc2c(ccc3ccccc32)s1. The zero-order chi connectivity index (χ0) is 19.8. The Morgan fingerprint density at radius 2 is 2.00 bits per heavy atom. The van der Waals surface area contributed by atoms with Gasteiger partial charge in [0.15, 0.2) is 16.6 Å². The maximum absolute atomic E-state index is 12.6. The molecule has 3 aromatic carbocycles. The van der Waals surface area contributed by atoms with Crippen LogP contribution in [-0.4, -0.2) is 17.7 Å². The highest BCUT2D eigenvalue weighted by Gasteiger charge is 2.16. The predicted octanol–water partition coefficient (Wildman–Crippen LogP) is 4.72. The van der Waals surface area contributed by atoms with Gasteiger partial charge in [0, 0.05) is 5.39 Å². The molecule has 4 aromatic rings. The minimum Gasteiger partial charge on any atom is -0.454 e. The van der Waals surface area contributed by atoms with Gasteiger partial charge >= 0.3 is 0 Å². The lowest BCUT2D eigenvalue weighted by Gasteiger charge is -2.01. The molecule has 0 saturated heterocycles. The molecule has 1 aliphatic heterocycles. The molecule has 0 fully saturated rings. The van der Waals surface area contributed by atoms with Gasteiger partial charge in [0.05, 0.1) is 10.2 Å². The Bertz CT molecular complexity index is 1350. The van der Waals surface area contributed by atoms with Crippen molar-refractivity contribution in [1.82, 2.24) is 4.98 Å². The van der Waals surface area contributed by atoms with E-state index in [9.17, 15) is 10.1 Å². The van der Waals surface area contributed by atoms with Crippen LogP contribution in [-0.2, 0) is 4.79 Å². The van der Waals surface area contributed by atoms with Crippen LogP contribution in [0.1, 0.15) is 5.56 Å². The highest BCUT2D eigenvalue weighted by Crippen LogP contribution is 2.34. The Labute approximate surface area is 169 Å². The molecule has 140 valence electrons. The number of benzene rings is 3.